The van der Waals surface area contributed by atoms with Gasteiger partial charge in [0.2, 0.25) is 0 Å². The second-order valence-electron chi connectivity index (χ2n) is 1.27. The van der Waals surface area contributed by atoms with Crippen LogP contribution in [0.15, 0.2) is 12.7 Å². The van der Waals surface area contributed by atoms with Gasteiger partial charge in [0.15, 0.2) is 0 Å². The predicted octanol–water partition coefficient (Wildman–Crippen LogP) is -0.921. The molecule has 0 aromatic carbocycles. The number of hydrogen-bond acceptors (Lipinski definition) is 3. The normalized spacial score (nSPS) is 8.44. The van der Waals surface area contributed by atoms with E-state index in [0.29, 0.717) is 6.61 Å². The Bertz CT molecular complexity index is 102. The van der Waals surface area contributed by atoms with Crippen molar-refractivity contribution in [2.75, 3.05) is 13.3 Å². The van der Waals surface area contributed by atoms with Gasteiger partial charge in [0.05, 0.1) is 6.61 Å². The van der Waals surface area contributed by atoms with Gasteiger partial charge in [0.25, 0.3) is 0 Å². The number of hydrogen-bond donors (Lipinski definition) is 1. The maximum atomic E-state index is 9.63. The van der Waals surface area contributed by atoms with E-state index >= 15 is 0 Å². The van der Waals surface area contributed by atoms with Gasteiger partial charge < -0.3 is 20.0 Å². The van der Waals surface area contributed by atoms with Gasteiger partial charge in [0.1, 0.15) is 12.8 Å². The quantitative estimate of drug-likeness (QED) is 0.304. The van der Waals surface area contributed by atoms with Gasteiger partial charge in [-0.3, -0.25) is 0 Å². The summed E-state index contributed by atoms with van der Waals surface area (Å²) in [6, 6.07) is 0. The molecule has 0 spiro atoms. The molecule has 0 saturated carbocycles. The first-order valence-corrected chi connectivity index (χ1v) is 2.41. The maximum absolute atomic E-state index is 9.63. The standard InChI is InChI=1S/C5H9NO3/c1-2-3-9-4-6-5(7)8/h2,6H,1,3-4H2,(H,7,8)/p-1. The predicted molar refractivity (Wildman–Crippen MR) is 29.5 cm³/mol. The monoisotopic (exact) mass is 130 g/mol. The molecule has 0 unspecified atom stereocenters. The topological polar surface area (TPSA) is 61.4 Å². The Morgan fingerprint density at radius 3 is 3.00 bits per heavy atom. The van der Waals surface area contributed by atoms with Crippen molar-refractivity contribution in [1.29, 1.82) is 0 Å². The van der Waals surface area contributed by atoms with E-state index in [9.17, 15) is 9.90 Å². The molecule has 0 aliphatic carbocycles. The van der Waals surface area contributed by atoms with Crippen molar-refractivity contribution in [3.63, 3.8) is 0 Å². The summed E-state index contributed by atoms with van der Waals surface area (Å²) in [6.07, 6.45) is 0.191. The Morgan fingerprint density at radius 1 is 1.89 bits per heavy atom. The van der Waals surface area contributed by atoms with Crippen LogP contribution >= 0.6 is 0 Å². The van der Waals surface area contributed by atoms with Crippen LogP contribution < -0.4 is 10.4 Å². The third-order valence-electron chi connectivity index (χ3n) is 0.554. The van der Waals surface area contributed by atoms with Crippen LogP contribution in [0.1, 0.15) is 0 Å². The average Bonchev–Trinajstić information content (AvgIpc) is 1.80. The summed E-state index contributed by atoms with van der Waals surface area (Å²) in [7, 11) is 0. The highest BCUT2D eigenvalue weighted by Gasteiger charge is 1.80. The maximum Gasteiger partial charge on any atom is 0.135 e. The highest BCUT2D eigenvalue weighted by molar-refractivity contribution is 5.61. The zero-order chi connectivity index (χ0) is 7.11. The number of carbonyl (C=O) groups excluding carboxylic acids is 1. The average molecular weight is 130 g/mol. The Labute approximate surface area is 53.1 Å². The summed E-state index contributed by atoms with van der Waals surface area (Å²) < 4.78 is 4.64. The van der Waals surface area contributed by atoms with Crippen molar-refractivity contribution in [1.82, 2.24) is 5.32 Å². The molecule has 0 aromatic rings. The highest BCUT2D eigenvalue weighted by Crippen LogP contribution is 1.69. The molecule has 52 valence electrons. The van der Waals surface area contributed by atoms with Crippen LogP contribution in [-0.4, -0.2) is 19.4 Å². The van der Waals surface area contributed by atoms with Gasteiger partial charge in [-0.05, 0) is 0 Å². The van der Waals surface area contributed by atoms with E-state index in [2.05, 4.69) is 11.3 Å². The highest BCUT2D eigenvalue weighted by atomic mass is 16.5. The minimum absolute atomic E-state index is 0.0473. The van der Waals surface area contributed by atoms with Gasteiger partial charge in [-0.25, -0.2) is 0 Å². The fourth-order valence-electron chi connectivity index (χ4n) is 0.252. The van der Waals surface area contributed by atoms with Crippen LogP contribution in [0.5, 0.6) is 0 Å². The molecule has 0 aliphatic rings. The lowest BCUT2D eigenvalue weighted by atomic mass is 10.7. The molecule has 1 amide bonds. The molecule has 0 saturated heterocycles. The molecule has 0 fully saturated rings. The molecule has 4 nitrogen and oxygen atoms in total. The SMILES string of the molecule is C=CCOCNC(=O)[O-]. The van der Waals surface area contributed by atoms with E-state index in [-0.39, 0.29) is 6.73 Å². The van der Waals surface area contributed by atoms with E-state index in [0.717, 1.165) is 0 Å². The van der Waals surface area contributed by atoms with E-state index < -0.39 is 6.09 Å². The van der Waals surface area contributed by atoms with Crippen molar-refractivity contribution in [2.45, 2.75) is 0 Å². The summed E-state index contributed by atoms with van der Waals surface area (Å²) in [5, 5.41) is 11.6. The molecule has 9 heavy (non-hydrogen) atoms. The van der Waals surface area contributed by atoms with E-state index in [1.165, 1.54) is 6.08 Å². The summed E-state index contributed by atoms with van der Waals surface area (Å²) in [5.41, 5.74) is 0. The first-order chi connectivity index (χ1) is 4.27. The zero-order valence-corrected chi connectivity index (χ0v) is 4.92. The molecule has 4 heteroatoms. The third-order valence-corrected chi connectivity index (χ3v) is 0.554. The summed E-state index contributed by atoms with van der Waals surface area (Å²) in [6.45, 7) is 3.65. The minimum atomic E-state index is -1.33. The van der Waals surface area contributed by atoms with Crippen LogP contribution in [-0.2, 0) is 4.74 Å². The first-order valence-electron chi connectivity index (χ1n) is 2.41. The van der Waals surface area contributed by atoms with Crippen LogP contribution in [0, 0.1) is 0 Å². The molecule has 0 aromatic heterocycles. The number of amides is 1. The second kappa shape index (κ2) is 5.11. The molecule has 0 heterocycles. The number of nitrogens with one attached hydrogen (secondary N) is 1. The Balaban J connectivity index is 2.91. The number of carbonyl (C=O) groups is 1. The third kappa shape index (κ3) is 6.97. The van der Waals surface area contributed by atoms with Crippen molar-refractivity contribution in [3.05, 3.63) is 12.7 Å². The lowest BCUT2D eigenvalue weighted by Gasteiger charge is -2.04. The lowest BCUT2D eigenvalue weighted by molar-refractivity contribution is -0.252. The van der Waals surface area contributed by atoms with Crippen LogP contribution in [0.4, 0.5) is 4.79 Å². The lowest BCUT2D eigenvalue weighted by Crippen LogP contribution is -2.37. The van der Waals surface area contributed by atoms with Crippen molar-refractivity contribution in [2.24, 2.45) is 0 Å². The molecule has 0 atom stereocenters. The number of rotatable bonds is 4. The molecule has 0 bridgehead atoms. The number of carboxylic acid groups (broad SMARTS) is 1. The van der Waals surface area contributed by atoms with Crippen molar-refractivity contribution in [3.8, 4) is 0 Å². The van der Waals surface area contributed by atoms with Crippen LogP contribution in [0.25, 0.3) is 0 Å². The molecule has 1 N–H and O–H groups in total. The minimum Gasteiger partial charge on any atom is -0.530 e. The van der Waals surface area contributed by atoms with E-state index in [4.69, 9.17) is 0 Å². The van der Waals surface area contributed by atoms with Gasteiger partial charge in [-0.1, -0.05) is 6.08 Å². The second-order valence-corrected chi connectivity index (χ2v) is 1.27. The van der Waals surface area contributed by atoms with Crippen molar-refractivity contribution >= 4 is 6.09 Å². The molecule has 0 rings (SSSR count). The Hall–Kier alpha value is -1.03. The molecule has 0 radical (unpaired) electrons. The smallest absolute Gasteiger partial charge is 0.135 e. The van der Waals surface area contributed by atoms with Gasteiger partial charge >= 0.3 is 0 Å². The van der Waals surface area contributed by atoms with Crippen molar-refractivity contribution < 1.29 is 14.6 Å². The molecule has 0 aliphatic heterocycles. The fraction of sp³-hybridized carbons (Fsp3) is 0.400. The van der Waals surface area contributed by atoms with Crippen LogP contribution in [0.2, 0.25) is 0 Å². The Morgan fingerprint density at radius 2 is 2.56 bits per heavy atom. The summed E-state index contributed by atoms with van der Waals surface area (Å²) in [5.74, 6) is 0. The number of ether oxygens (including phenoxy) is 1. The first kappa shape index (κ1) is 7.97. The van der Waals surface area contributed by atoms with Gasteiger partial charge in [-0.15, -0.1) is 6.58 Å². The van der Waals surface area contributed by atoms with Gasteiger partial charge in [0, 0.05) is 0 Å². The summed E-state index contributed by atoms with van der Waals surface area (Å²) in [4.78, 5) is 9.63. The van der Waals surface area contributed by atoms with Gasteiger partial charge in [-0.2, -0.15) is 0 Å². The summed E-state index contributed by atoms with van der Waals surface area (Å²) >= 11 is 0. The Kier molecular flexibility index (Phi) is 4.53. The molecular formula is C5H8NO3-. The van der Waals surface area contributed by atoms with E-state index in [1.807, 2.05) is 5.32 Å². The molecular weight excluding hydrogens is 122 g/mol. The van der Waals surface area contributed by atoms with E-state index in [1.54, 1.807) is 0 Å². The zero-order valence-electron chi connectivity index (χ0n) is 4.92. The fourth-order valence-corrected chi connectivity index (χ4v) is 0.252. The van der Waals surface area contributed by atoms with Crippen LogP contribution in [0.3, 0.4) is 0 Å². The largest absolute Gasteiger partial charge is 0.530 e.